The number of hydrogen-bond acceptors (Lipinski definition) is 4. The quantitative estimate of drug-likeness (QED) is 0.228. The summed E-state index contributed by atoms with van der Waals surface area (Å²) in [7, 11) is 0. The molecule has 0 saturated carbocycles. The number of hydrogen-bond donors (Lipinski definition) is 0. The van der Waals surface area contributed by atoms with E-state index in [0.29, 0.717) is 5.89 Å². The van der Waals surface area contributed by atoms with Gasteiger partial charge in [-0.3, -0.25) is 4.98 Å². The first-order chi connectivity index (χ1) is 19.3. The maximum absolute atomic E-state index is 6.37. The summed E-state index contributed by atoms with van der Waals surface area (Å²) in [6.07, 6.45) is 1.82. The van der Waals surface area contributed by atoms with Crippen molar-refractivity contribution < 1.29 is 4.42 Å². The van der Waals surface area contributed by atoms with Crippen LogP contribution in [0.25, 0.3) is 77.5 Å². The van der Waals surface area contributed by atoms with E-state index in [1.54, 1.807) is 0 Å². The zero-order valence-electron chi connectivity index (χ0n) is 20.9. The van der Waals surface area contributed by atoms with Gasteiger partial charge in [0, 0.05) is 28.3 Å². The van der Waals surface area contributed by atoms with E-state index in [2.05, 4.69) is 71.7 Å². The molecule has 182 valence electrons. The van der Waals surface area contributed by atoms with E-state index in [4.69, 9.17) is 14.4 Å². The molecule has 0 aliphatic heterocycles. The van der Waals surface area contributed by atoms with E-state index in [1.807, 2.05) is 60.8 Å². The summed E-state index contributed by atoms with van der Waals surface area (Å²) in [5.41, 5.74) is 8.59. The van der Waals surface area contributed by atoms with Gasteiger partial charge in [-0.1, -0.05) is 78.9 Å². The zero-order valence-corrected chi connectivity index (χ0v) is 20.9. The molecule has 0 unspecified atom stereocenters. The summed E-state index contributed by atoms with van der Waals surface area (Å²) in [4.78, 5) is 14.4. The third-order valence-corrected chi connectivity index (χ3v) is 7.32. The van der Waals surface area contributed by atoms with Crippen molar-refractivity contribution in [3.05, 3.63) is 128 Å². The summed E-state index contributed by atoms with van der Waals surface area (Å²) in [6.45, 7) is 0. The normalized spacial score (nSPS) is 11.6. The van der Waals surface area contributed by atoms with Crippen molar-refractivity contribution in [3.8, 4) is 33.8 Å². The first-order valence-electron chi connectivity index (χ1n) is 12.9. The lowest BCUT2D eigenvalue weighted by molar-refractivity contribution is 0.623. The molecule has 8 rings (SSSR count). The van der Waals surface area contributed by atoms with Crippen molar-refractivity contribution in [2.24, 2.45) is 0 Å². The second kappa shape index (κ2) is 8.61. The molecule has 4 nitrogen and oxygen atoms in total. The Morgan fingerprint density at radius 2 is 1.31 bits per heavy atom. The second-order valence-electron chi connectivity index (χ2n) is 9.69. The van der Waals surface area contributed by atoms with Crippen molar-refractivity contribution in [1.29, 1.82) is 0 Å². The summed E-state index contributed by atoms with van der Waals surface area (Å²) < 4.78 is 6.37. The van der Waals surface area contributed by atoms with Crippen LogP contribution in [0.4, 0.5) is 0 Å². The Morgan fingerprint density at radius 3 is 2.15 bits per heavy atom. The molecule has 0 N–H and O–H groups in total. The molecule has 0 aliphatic rings. The lowest BCUT2D eigenvalue weighted by Crippen LogP contribution is -1.92. The lowest BCUT2D eigenvalue weighted by Gasteiger charge is -2.11. The number of benzene rings is 5. The van der Waals surface area contributed by atoms with Gasteiger partial charge in [-0.2, -0.15) is 0 Å². The number of fused-ring (bicyclic) bond motifs is 6. The van der Waals surface area contributed by atoms with E-state index in [9.17, 15) is 0 Å². The van der Waals surface area contributed by atoms with Crippen LogP contribution in [0.15, 0.2) is 132 Å². The van der Waals surface area contributed by atoms with Crippen LogP contribution in [-0.4, -0.2) is 15.0 Å². The Morgan fingerprint density at radius 1 is 0.538 bits per heavy atom. The number of aromatic nitrogens is 3. The molecule has 3 heterocycles. The second-order valence-corrected chi connectivity index (χ2v) is 9.69. The molecule has 0 amide bonds. The van der Waals surface area contributed by atoms with Gasteiger partial charge in [0.1, 0.15) is 5.52 Å². The Kier molecular flexibility index (Phi) is 4.79. The van der Waals surface area contributed by atoms with Gasteiger partial charge in [0.05, 0.1) is 16.7 Å². The Bertz CT molecular complexity index is 2170. The molecule has 3 aromatic heterocycles. The number of rotatable bonds is 3. The fraction of sp³-hybridized carbons (Fsp3) is 0. The molecule has 39 heavy (non-hydrogen) atoms. The molecule has 5 aromatic carbocycles. The van der Waals surface area contributed by atoms with Crippen LogP contribution in [-0.2, 0) is 0 Å². The molecule has 8 aromatic rings. The third-order valence-electron chi connectivity index (χ3n) is 7.32. The maximum atomic E-state index is 6.37. The Balaban J connectivity index is 1.33. The van der Waals surface area contributed by atoms with Crippen LogP contribution in [0.3, 0.4) is 0 Å². The van der Waals surface area contributed by atoms with Crippen LogP contribution in [0.2, 0.25) is 0 Å². The van der Waals surface area contributed by atoms with Gasteiger partial charge in [-0.05, 0) is 64.2 Å². The van der Waals surface area contributed by atoms with Gasteiger partial charge in [-0.15, -0.1) is 0 Å². The van der Waals surface area contributed by atoms with Gasteiger partial charge in [0.15, 0.2) is 5.58 Å². The van der Waals surface area contributed by atoms with Crippen molar-refractivity contribution in [2.75, 3.05) is 0 Å². The minimum atomic E-state index is 0.633. The van der Waals surface area contributed by atoms with Crippen LogP contribution in [0, 0.1) is 0 Å². The topological polar surface area (TPSA) is 51.8 Å². The summed E-state index contributed by atoms with van der Waals surface area (Å²) >= 11 is 0. The summed E-state index contributed by atoms with van der Waals surface area (Å²) in [5.74, 6) is 0.633. The predicted octanol–water partition coefficient (Wildman–Crippen LogP) is 9.08. The van der Waals surface area contributed by atoms with Crippen molar-refractivity contribution in [2.45, 2.75) is 0 Å². The van der Waals surface area contributed by atoms with Gasteiger partial charge in [-0.25, -0.2) is 9.97 Å². The maximum Gasteiger partial charge on any atom is 0.227 e. The standard InChI is InChI=1S/C35H21N3O/c1-3-8-22(9-4-1)28-21-31(37-29-12-7-19-36-33(28)29)26-15-17-27-25(20-26)14-13-23-16-18-30-34(32(23)27)39-35(38-30)24-10-5-2-6-11-24/h1-21H. The highest BCUT2D eigenvalue weighted by Gasteiger charge is 2.15. The summed E-state index contributed by atoms with van der Waals surface area (Å²) in [5, 5.41) is 4.45. The predicted molar refractivity (Wildman–Crippen MR) is 158 cm³/mol. The molecule has 0 fully saturated rings. The average Bonchev–Trinajstić information content (AvgIpc) is 3.46. The van der Waals surface area contributed by atoms with Crippen LogP contribution in [0.1, 0.15) is 0 Å². The number of nitrogens with zero attached hydrogens (tertiary/aromatic N) is 3. The zero-order chi connectivity index (χ0) is 25.8. The van der Waals surface area contributed by atoms with Gasteiger partial charge in [0.25, 0.3) is 0 Å². The van der Waals surface area contributed by atoms with Gasteiger partial charge < -0.3 is 4.42 Å². The molecule has 0 radical (unpaired) electrons. The lowest BCUT2D eigenvalue weighted by atomic mass is 9.97. The number of oxazole rings is 1. The Labute approximate surface area is 224 Å². The molecule has 0 saturated heterocycles. The van der Waals surface area contributed by atoms with Crippen molar-refractivity contribution in [1.82, 2.24) is 15.0 Å². The largest absolute Gasteiger partial charge is 0.435 e. The highest BCUT2D eigenvalue weighted by atomic mass is 16.3. The van der Waals surface area contributed by atoms with Crippen LogP contribution >= 0.6 is 0 Å². The average molecular weight is 500 g/mol. The minimum absolute atomic E-state index is 0.633. The van der Waals surface area contributed by atoms with Crippen LogP contribution in [0.5, 0.6) is 0 Å². The molecular weight excluding hydrogens is 478 g/mol. The molecular formula is C35H21N3O. The molecule has 0 aliphatic carbocycles. The highest BCUT2D eigenvalue weighted by molar-refractivity contribution is 6.18. The van der Waals surface area contributed by atoms with Crippen molar-refractivity contribution >= 4 is 43.7 Å². The van der Waals surface area contributed by atoms with Gasteiger partial charge in [0.2, 0.25) is 5.89 Å². The molecule has 4 heteroatoms. The SMILES string of the molecule is c1ccc(-c2nc3ccc4ccc5cc(-c6cc(-c7ccccc7)c7ncccc7n6)ccc5c4c3o2)cc1. The van der Waals surface area contributed by atoms with E-state index in [1.165, 1.54) is 0 Å². The third kappa shape index (κ3) is 3.57. The number of pyridine rings is 2. The first-order valence-corrected chi connectivity index (χ1v) is 12.9. The fourth-order valence-electron chi connectivity index (χ4n) is 5.44. The van der Waals surface area contributed by atoms with E-state index >= 15 is 0 Å². The first kappa shape index (κ1) is 21.7. The van der Waals surface area contributed by atoms with Crippen molar-refractivity contribution in [3.63, 3.8) is 0 Å². The minimum Gasteiger partial charge on any atom is -0.435 e. The summed E-state index contributed by atoms with van der Waals surface area (Å²) in [6, 6.07) is 41.5. The smallest absolute Gasteiger partial charge is 0.227 e. The van der Waals surface area contributed by atoms with E-state index < -0.39 is 0 Å². The molecule has 0 atom stereocenters. The van der Waals surface area contributed by atoms with E-state index in [-0.39, 0.29) is 0 Å². The monoisotopic (exact) mass is 499 g/mol. The Hall–Kier alpha value is -5.35. The highest BCUT2D eigenvalue weighted by Crippen LogP contribution is 2.37. The molecule has 0 spiro atoms. The fourth-order valence-corrected chi connectivity index (χ4v) is 5.44. The van der Waals surface area contributed by atoms with Gasteiger partial charge >= 0.3 is 0 Å². The molecule has 0 bridgehead atoms. The van der Waals surface area contributed by atoms with Crippen LogP contribution < -0.4 is 0 Å². The van der Waals surface area contributed by atoms with E-state index in [0.717, 1.165) is 71.6 Å².